The minimum absolute atomic E-state index is 0.222. The van der Waals surface area contributed by atoms with E-state index in [1.807, 2.05) is 4.68 Å². The molecule has 0 fully saturated rings. The molecule has 0 spiro atoms. The number of hydrogen-bond donors (Lipinski definition) is 0. The molecule has 2 nitrogen and oxygen atoms in total. The molecule has 94 valence electrons. The molecule has 3 heteroatoms. The second-order valence-electron chi connectivity index (χ2n) is 5.14. The van der Waals surface area contributed by atoms with E-state index in [1.54, 1.807) is 0 Å². The van der Waals surface area contributed by atoms with Crippen LogP contribution in [0.1, 0.15) is 51.3 Å². The number of aromatic nitrogens is 2. The van der Waals surface area contributed by atoms with Gasteiger partial charge in [-0.05, 0) is 39.2 Å². The Balaban J connectivity index is 2.03. The first-order valence-corrected chi connectivity index (χ1v) is 6.96. The van der Waals surface area contributed by atoms with Gasteiger partial charge in [-0.15, -0.1) is 11.6 Å². The summed E-state index contributed by atoms with van der Waals surface area (Å²) < 4.78 is 2.02. The number of nitrogens with zero attached hydrogens (tertiary/aromatic N) is 2. The topological polar surface area (TPSA) is 17.8 Å². The molecular weight excluding hydrogens is 232 g/mol. The van der Waals surface area contributed by atoms with E-state index in [0.717, 1.165) is 18.5 Å². The van der Waals surface area contributed by atoms with Crippen molar-refractivity contribution in [2.75, 3.05) is 0 Å². The molecule has 1 aliphatic carbocycles. The van der Waals surface area contributed by atoms with E-state index in [1.165, 1.54) is 24.8 Å². The molecular formula is C14H21ClN2. The van der Waals surface area contributed by atoms with Crippen molar-refractivity contribution in [1.82, 2.24) is 9.78 Å². The molecule has 2 rings (SSSR count). The van der Waals surface area contributed by atoms with Gasteiger partial charge in [0.1, 0.15) is 0 Å². The van der Waals surface area contributed by atoms with Crippen molar-refractivity contribution in [3.63, 3.8) is 0 Å². The summed E-state index contributed by atoms with van der Waals surface area (Å²) in [5.41, 5.74) is 2.62. The van der Waals surface area contributed by atoms with Crippen LogP contribution in [0.25, 0.3) is 0 Å². The van der Waals surface area contributed by atoms with E-state index in [0.29, 0.717) is 6.04 Å². The van der Waals surface area contributed by atoms with Crippen LogP contribution in [0, 0.1) is 0 Å². The van der Waals surface area contributed by atoms with Crippen molar-refractivity contribution >= 4 is 11.6 Å². The lowest BCUT2D eigenvalue weighted by Gasteiger charge is -2.05. The fraction of sp³-hybridized carbons (Fsp3) is 0.643. The smallest absolute Gasteiger partial charge is 0.0665 e. The third-order valence-electron chi connectivity index (χ3n) is 3.25. The van der Waals surface area contributed by atoms with Gasteiger partial charge in [0.25, 0.3) is 0 Å². The van der Waals surface area contributed by atoms with E-state index in [2.05, 4.69) is 37.3 Å². The SMILES string of the molecule is CC(C)n1ccc(CC2=CC(Cl)CCCC2)n1. The summed E-state index contributed by atoms with van der Waals surface area (Å²) in [5.74, 6) is 0. The molecule has 1 aromatic heterocycles. The summed E-state index contributed by atoms with van der Waals surface area (Å²) in [4.78, 5) is 0. The van der Waals surface area contributed by atoms with Crippen LogP contribution in [-0.4, -0.2) is 15.2 Å². The minimum Gasteiger partial charge on any atom is -0.270 e. The zero-order valence-electron chi connectivity index (χ0n) is 10.7. The van der Waals surface area contributed by atoms with Gasteiger partial charge in [-0.3, -0.25) is 4.68 Å². The van der Waals surface area contributed by atoms with Gasteiger partial charge >= 0.3 is 0 Å². The molecule has 1 heterocycles. The molecule has 0 aromatic carbocycles. The first-order valence-electron chi connectivity index (χ1n) is 6.53. The average Bonchev–Trinajstić information content (AvgIpc) is 2.63. The minimum atomic E-state index is 0.222. The summed E-state index contributed by atoms with van der Waals surface area (Å²) in [6, 6.07) is 2.56. The van der Waals surface area contributed by atoms with Crippen molar-refractivity contribution in [3.05, 3.63) is 29.6 Å². The van der Waals surface area contributed by atoms with E-state index in [4.69, 9.17) is 11.6 Å². The molecule has 1 aliphatic rings. The summed E-state index contributed by atoms with van der Waals surface area (Å²) in [5, 5.41) is 4.81. The lowest BCUT2D eigenvalue weighted by Crippen LogP contribution is -2.02. The monoisotopic (exact) mass is 252 g/mol. The maximum absolute atomic E-state index is 6.24. The van der Waals surface area contributed by atoms with Crippen molar-refractivity contribution in [2.45, 2.75) is 57.4 Å². The van der Waals surface area contributed by atoms with Crippen LogP contribution in [0.2, 0.25) is 0 Å². The van der Waals surface area contributed by atoms with Crippen LogP contribution < -0.4 is 0 Å². The van der Waals surface area contributed by atoms with E-state index < -0.39 is 0 Å². The van der Waals surface area contributed by atoms with Gasteiger partial charge in [0.2, 0.25) is 0 Å². The number of allylic oxidation sites excluding steroid dienone is 2. The van der Waals surface area contributed by atoms with Crippen molar-refractivity contribution in [3.8, 4) is 0 Å². The summed E-state index contributed by atoms with van der Waals surface area (Å²) >= 11 is 6.24. The molecule has 1 unspecified atom stereocenters. The Hall–Kier alpha value is -0.760. The quantitative estimate of drug-likeness (QED) is 0.585. The second-order valence-corrected chi connectivity index (χ2v) is 5.70. The predicted molar refractivity (Wildman–Crippen MR) is 72.5 cm³/mol. The number of alkyl halides is 1. The Morgan fingerprint density at radius 1 is 1.47 bits per heavy atom. The lowest BCUT2D eigenvalue weighted by atomic mass is 10.1. The highest BCUT2D eigenvalue weighted by molar-refractivity contribution is 6.21. The van der Waals surface area contributed by atoms with Crippen molar-refractivity contribution < 1.29 is 0 Å². The molecule has 17 heavy (non-hydrogen) atoms. The fourth-order valence-corrected chi connectivity index (χ4v) is 2.59. The average molecular weight is 253 g/mol. The normalized spacial score (nSPS) is 21.4. The highest BCUT2D eigenvalue weighted by Gasteiger charge is 2.11. The summed E-state index contributed by atoms with van der Waals surface area (Å²) in [6.45, 7) is 4.30. The Morgan fingerprint density at radius 2 is 2.29 bits per heavy atom. The second kappa shape index (κ2) is 5.72. The number of hydrogen-bond acceptors (Lipinski definition) is 1. The van der Waals surface area contributed by atoms with E-state index >= 15 is 0 Å². The van der Waals surface area contributed by atoms with Crippen molar-refractivity contribution in [1.29, 1.82) is 0 Å². The molecule has 0 N–H and O–H groups in total. The fourth-order valence-electron chi connectivity index (χ4n) is 2.25. The third kappa shape index (κ3) is 3.60. The van der Waals surface area contributed by atoms with Gasteiger partial charge < -0.3 is 0 Å². The van der Waals surface area contributed by atoms with Crippen LogP contribution in [-0.2, 0) is 6.42 Å². The van der Waals surface area contributed by atoms with Gasteiger partial charge in [0.15, 0.2) is 0 Å². The molecule has 0 saturated heterocycles. The first kappa shape index (κ1) is 12.7. The van der Waals surface area contributed by atoms with Crippen molar-refractivity contribution in [2.24, 2.45) is 0 Å². The Kier molecular flexibility index (Phi) is 4.27. The van der Waals surface area contributed by atoms with Crippen LogP contribution in [0.3, 0.4) is 0 Å². The van der Waals surface area contributed by atoms with Gasteiger partial charge in [0.05, 0.1) is 11.1 Å². The lowest BCUT2D eigenvalue weighted by molar-refractivity contribution is 0.527. The first-order chi connectivity index (χ1) is 8.15. The zero-order chi connectivity index (χ0) is 12.3. The van der Waals surface area contributed by atoms with Crippen LogP contribution in [0.15, 0.2) is 23.9 Å². The Morgan fingerprint density at radius 3 is 3.00 bits per heavy atom. The molecule has 0 aliphatic heterocycles. The Bertz CT molecular complexity index is 393. The van der Waals surface area contributed by atoms with Gasteiger partial charge in [-0.25, -0.2) is 0 Å². The molecule has 1 atom stereocenters. The molecule has 0 bridgehead atoms. The zero-order valence-corrected chi connectivity index (χ0v) is 11.5. The summed E-state index contributed by atoms with van der Waals surface area (Å²) in [6.07, 6.45) is 10.1. The van der Waals surface area contributed by atoms with Gasteiger partial charge in [-0.2, -0.15) is 5.10 Å². The third-order valence-corrected chi connectivity index (χ3v) is 3.59. The van der Waals surface area contributed by atoms with Crippen LogP contribution in [0.4, 0.5) is 0 Å². The van der Waals surface area contributed by atoms with Crippen LogP contribution in [0.5, 0.6) is 0 Å². The number of rotatable bonds is 3. The largest absolute Gasteiger partial charge is 0.270 e. The molecule has 0 radical (unpaired) electrons. The predicted octanol–water partition coefficient (Wildman–Crippen LogP) is 4.11. The van der Waals surface area contributed by atoms with Gasteiger partial charge in [0, 0.05) is 18.7 Å². The maximum atomic E-state index is 6.24. The number of halogens is 1. The van der Waals surface area contributed by atoms with Crippen LogP contribution >= 0.6 is 11.6 Å². The van der Waals surface area contributed by atoms with E-state index in [-0.39, 0.29) is 5.38 Å². The molecule has 1 aromatic rings. The standard InChI is InChI=1S/C14H21ClN2/c1-11(2)17-8-7-14(16-17)10-12-5-3-4-6-13(15)9-12/h7-9,11,13H,3-6,10H2,1-2H3. The Labute approximate surface area is 109 Å². The highest BCUT2D eigenvalue weighted by atomic mass is 35.5. The van der Waals surface area contributed by atoms with E-state index in [9.17, 15) is 0 Å². The highest BCUT2D eigenvalue weighted by Crippen LogP contribution is 2.23. The molecule has 0 saturated carbocycles. The maximum Gasteiger partial charge on any atom is 0.0665 e. The summed E-state index contributed by atoms with van der Waals surface area (Å²) in [7, 11) is 0. The van der Waals surface area contributed by atoms with Gasteiger partial charge in [-0.1, -0.05) is 18.1 Å². The molecule has 0 amide bonds.